The number of carbonyl (C=O) groups excluding carboxylic acids is 2. The van der Waals surface area contributed by atoms with Gasteiger partial charge >= 0.3 is 0 Å². The zero-order valence-electron chi connectivity index (χ0n) is 18.2. The van der Waals surface area contributed by atoms with Crippen LogP contribution in [0, 0.1) is 12.3 Å². The Morgan fingerprint density at radius 3 is 2.71 bits per heavy atom. The molecule has 6 nitrogen and oxygen atoms in total. The summed E-state index contributed by atoms with van der Waals surface area (Å²) in [5, 5.41) is 2.81. The van der Waals surface area contributed by atoms with Crippen molar-refractivity contribution in [3.63, 3.8) is 0 Å². The molecule has 174 valence electrons. The number of ether oxygens (including phenoxy) is 2. The lowest BCUT2D eigenvalue weighted by Crippen LogP contribution is -2.54. The van der Waals surface area contributed by atoms with Gasteiger partial charge in [0.2, 0.25) is 0 Å². The van der Waals surface area contributed by atoms with E-state index in [0.717, 1.165) is 10.5 Å². The quantitative estimate of drug-likeness (QED) is 0.177. The summed E-state index contributed by atoms with van der Waals surface area (Å²) < 4.78 is 11.4. The lowest BCUT2D eigenvalue weighted by molar-refractivity contribution is -0.122. The number of hydrogen-bond donors (Lipinski definition) is 1. The van der Waals surface area contributed by atoms with Crippen LogP contribution in [0.25, 0.3) is 6.08 Å². The molecule has 2 amide bonds. The van der Waals surface area contributed by atoms with E-state index in [1.165, 1.54) is 6.08 Å². The van der Waals surface area contributed by atoms with Crippen molar-refractivity contribution in [2.45, 2.75) is 13.3 Å². The number of terminal acetylenes is 1. The van der Waals surface area contributed by atoms with Crippen molar-refractivity contribution < 1.29 is 19.1 Å². The fraction of sp³-hybridized carbons (Fsp3) is 0.160. The molecule has 34 heavy (non-hydrogen) atoms. The molecule has 1 aliphatic heterocycles. The molecule has 0 aliphatic carbocycles. The molecule has 1 saturated heterocycles. The number of nitrogens with one attached hydrogen (secondary N) is 1. The molecule has 1 heterocycles. The first-order valence-electron chi connectivity index (χ1n) is 10.1. The van der Waals surface area contributed by atoms with E-state index in [0.29, 0.717) is 30.1 Å². The first kappa shape index (κ1) is 25.3. The Kier molecular flexibility index (Phi) is 8.35. The molecule has 2 aromatic rings. The molecular formula is C25H20Cl2N2O4S. The second-order valence-corrected chi connectivity index (χ2v) is 8.13. The highest BCUT2D eigenvalue weighted by atomic mass is 35.5. The van der Waals surface area contributed by atoms with Crippen LogP contribution >= 0.6 is 35.4 Å². The predicted octanol–water partition coefficient (Wildman–Crippen LogP) is 4.96. The maximum absolute atomic E-state index is 13.4. The molecule has 0 spiro atoms. The molecule has 0 aromatic heterocycles. The normalized spacial score (nSPS) is 14.6. The van der Waals surface area contributed by atoms with Crippen LogP contribution in [0.15, 0.2) is 48.6 Å². The Bertz CT molecular complexity index is 1250. The summed E-state index contributed by atoms with van der Waals surface area (Å²) in [6.07, 6.45) is 8.94. The monoisotopic (exact) mass is 514 g/mol. The third-order valence-electron chi connectivity index (χ3n) is 4.70. The van der Waals surface area contributed by atoms with Gasteiger partial charge in [0.15, 0.2) is 16.6 Å². The van der Waals surface area contributed by atoms with Crippen LogP contribution in [-0.4, -0.2) is 30.1 Å². The van der Waals surface area contributed by atoms with Crippen molar-refractivity contribution in [3.8, 4) is 23.8 Å². The van der Waals surface area contributed by atoms with Crippen molar-refractivity contribution in [1.29, 1.82) is 0 Å². The minimum absolute atomic E-state index is 0.0539. The van der Waals surface area contributed by atoms with Crippen LogP contribution in [-0.2, 0) is 16.0 Å². The van der Waals surface area contributed by atoms with Crippen LogP contribution < -0.4 is 19.7 Å². The zero-order chi connectivity index (χ0) is 24.8. The Morgan fingerprint density at radius 1 is 1.26 bits per heavy atom. The SMILES string of the molecule is C#CCOc1c(CC=C)cc(/C=C2\C(=O)NC(=S)N(c3cccc(Cl)c3Cl)C2=O)cc1OCC. The molecule has 2 aromatic carbocycles. The number of anilines is 1. The van der Waals surface area contributed by atoms with Gasteiger partial charge in [-0.1, -0.05) is 41.3 Å². The van der Waals surface area contributed by atoms with E-state index in [4.69, 9.17) is 51.3 Å². The van der Waals surface area contributed by atoms with Crippen LogP contribution in [0.5, 0.6) is 11.5 Å². The van der Waals surface area contributed by atoms with Gasteiger partial charge in [-0.25, -0.2) is 0 Å². The molecule has 0 unspecified atom stereocenters. The van der Waals surface area contributed by atoms with E-state index in [2.05, 4.69) is 17.8 Å². The maximum atomic E-state index is 13.4. The third kappa shape index (κ3) is 5.26. The molecule has 0 radical (unpaired) electrons. The molecule has 3 rings (SSSR count). The molecule has 1 N–H and O–H groups in total. The maximum Gasteiger partial charge on any atom is 0.270 e. The summed E-state index contributed by atoms with van der Waals surface area (Å²) in [5.74, 6) is 2.06. The van der Waals surface area contributed by atoms with Crippen molar-refractivity contribution in [3.05, 3.63) is 69.7 Å². The van der Waals surface area contributed by atoms with Crippen molar-refractivity contribution in [1.82, 2.24) is 5.32 Å². The number of rotatable bonds is 8. The summed E-state index contributed by atoms with van der Waals surface area (Å²) in [5.41, 5.74) is 1.39. The van der Waals surface area contributed by atoms with Gasteiger partial charge in [-0.05, 0) is 61.5 Å². The number of benzene rings is 2. The smallest absolute Gasteiger partial charge is 0.270 e. The Morgan fingerprint density at radius 2 is 2.03 bits per heavy atom. The predicted molar refractivity (Wildman–Crippen MR) is 139 cm³/mol. The molecule has 0 atom stereocenters. The largest absolute Gasteiger partial charge is 0.490 e. The first-order chi connectivity index (χ1) is 16.3. The molecule has 0 saturated carbocycles. The van der Waals surface area contributed by atoms with Gasteiger partial charge in [-0.2, -0.15) is 0 Å². The minimum Gasteiger partial charge on any atom is -0.490 e. The van der Waals surface area contributed by atoms with E-state index in [1.807, 2.05) is 6.92 Å². The first-order valence-corrected chi connectivity index (χ1v) is 11.3. The summed E-state index contributed by atoms with van der Waals surface area (Å²) >= 11 is 17.6. The van der Waals surface area contributed by atoms with Crippen molar-refractivity contribution >= 4 is 64.1 Å². The number of hydrogen-bond acceptors (Lipinski definition) is 5. The molecule has 0 bridgehead atoms. The second kappa shape index (κ2) is 11.2. The Balaban J connectivity index is 2.11. The number of nitrogens with zero attached hydrogens (tertiary/aromatic N) is 1. The molecule has 1 fully saturated rings. The van der Waals surface area contributed by atoms with Gasteiger partial charge in [0.05, 0.1) is 22.3 Å². The van der Waals surface area contributed by atoms with Gasteiger partial charge in [0.25, 0.3) is 11.8 Å². The van der Waals surface area contributed by atoms with Gasteiger partial charge in [0.1, 0.15) is 12.2 Å². The highest BCUT2D eigenvalue weighted by Crippen LogP contribution is 2.36. The number of halogens is 2. The third-order valence-corrected chi connectivity index (χ3v) is 5.80. The standard InChI is InChI=1S/C25H20Cl2N2O4S/c1-4-8-16-12-15(14-20(32-6-3)22(16)33-11-5-2)13-17-23(30)28-25(34)29(24(17)31)19-10-7-9-18(26)21(19)27/h2,4,7,9-10,12-14H,1,6,8,11H2,3H3,(H,28,30,34)/b17-13+. The molecule has 9 heteroatoms. The summed E-state index contributed by atoms with van der Waals surface area (Å²) in [4.78, 5) is 27.2. The van der Waals surface area contributed by atoms with Crippen LogP contribution in [0.2, 0.25) is 10.0 Å². The number of amides is 2. The van der Waals surface area contributed by atoms with Gasteiger partial charge in [-0.3, -0.25) is 19.8 Å². The Labute approximate surface area is 213 Å². The van der Waals surface area contributed by atoms with E-state index in [9.17, 15) is 9.59 Å². The van der Waals surface area contributed by atoms with E-state index in [-0.39, 0.29) is 33.0 Å². The lowest BCUT2D eigenvalue weighted by atomic mass is 10.0. The zero-order valence-corrected chi connectivity index (χ0v) is 20.5. The highest BCUT2D eigenvalue weighted by molar-refractivity contribution is 7.80. The van der Waals surface area contributed by atoms with Crippen molar-refractivity contribution in [2.75, 3.05) is 18.1 Å². The minimum atomic E-state index is -0.645. The Hall–Kier alpha value is -3.31. The van der Waals surface area contributed by atoms with E-state index >= 15 is 0 Å². The van der Waals surface area contributed by atoms with Crippen LogP contribution in [0.4, 0.5) is 5.69 Å². The number of allylic oxidation sites excluding steroid dienone is 1. The van der Waals surface area contributed by atoms with Crippen LogP contribution in [0.3, 0.4) is 0 Å². The topological polar surface area (TPSA) is 67.9 Å². The van der Waals surface area contributed by atoms with Gasteiger partial charge in [0, 0.05) is 5.56 Å². The van der Waals surface area contributed by atoms with Gasteiger partial charge in [-0.15, -0.1) is 13.0 Å². The summed E-state index contributed by atoms with van der Waals surface area (Å²) in [7, 11) is 0. The number of thiocarbonyl (C=S) groups is 1. The summed E-state index contributed by atoms with van der Waals surface area (Å²) in [6, 6.07) is 8.23. The van der Waals surface area contributed by atoms with Crippen molar-refractivity contribution in [2.24, 2.45) is 0 Å². The molecular weight excluding hydrogens is 495 g/mol. The summed E-state index contributed by atoms with van der Waals surface area (Å²) in [6.45, 7) is 6.03. The molecule has 1 aliphatic rings. The number of carbonyl (C=O) groups is 2. The van der Waals surface area contributed by atoms with Crippen LogP contribution in [0.1, 0.15) is 18.1 Å². The fourth-order valence-corrected chi connectivity index (χ4v) is 3.98. The highest BCUT2D eigenvalue weighted by Gasteiger charge is 2.35. The average Bonchev–Trinajstić information content (AvgIpc) is 2.79. The van der Waals surface area contributed by atoms with E-state index < -0.39 is 11.8 Å². The van der Waals surface area contributed by atoms with E-state index in [1.54, 1.807) is 36.4 Å². The fourth-order valence-electron chi connectivity index (χ4n) is 3.32. The van der Waals surface area contributed by atoms with Gasteiger partial charge < -0.3 is 9.47 Å². The average molecular weight is 515 g/mol. The second-order valence-electron chi connectivity index (χ2n) is 6.96. The lowest BCUT2D eigenvalue weighted by Gasteiger charge is -2.29.